The molecule has 0 aliphatic rings. The summed E-state index contributed by atoms with van der Waals surface area (Å²) in [6.45, 7) is 0.805. The molecule has 2 N–H and O–H groups in total. The molecule has 3 heterocycles. The molecule has 31 heavy (non-hydrogen) atoms. The molecule has 0 bridgehead atoms. The Bertz CT molecular complexity index is 1170. The maximum absolute atomic E-state index is 13.2. The van der Waals surface area contributed by atoms with E-state index in [4.69, 9.17) is 4.74 Å². The number of hydrogen-bond donors (Lipinski definition) is 2. The molecular weight excluding hydrogens is 429 g/mol. The van der Waals surface area contributed by atoms with E-state index in [0.717, 1.165) is 6.07 Å². The van der Waals surface area contributed by atoms with Gasteiger partial charge in [-0.25, -0.2) is 18.4 Å². The Morgan fingerprint density at radius 2 is 2.03 bits per heavy atom. The van der Waals surface area contributed by atoms with E-state index < -0.39 is 42.5 Å². The summed E-state index contributed by atoms with van der Waals surface area (Å²) >= 11 is 0. The monoisotopic (exact) mass is 445 g/mol. The predicted molar refractivity (Wildman–Crippen MR) is 100 cm³/mol. The molecular formula is C18H16F5N5O3. The molecule has 166 valence electrons. The highest BCUT2D eigenvalue weighted by Gasteiger charge is 2.39. The molecule has 3 rings (SSSR count). The van der Waals surface area contributed by atoms with Gasteiger partial charge in [0.1, 0.15) is 18.5 Å². The van der Waals surface area contributed by atoms with Crippen molar-refractivity contribution in [2.45, 2.75) is 32.5 Å². The van der Waals surface area contributed by atoms with E-state index in [0.29, 0.717) is 17.8 Å². The van der Waals surface area contributed by atoms with E-state index >= 15 is 0 Å². The molecule has 0 saturated carbocycles. The lowest BCUT2D eigenvalue weighted by Gasteiger charge is -2.19. The van der Waals surface area contributed by atoms with Gasteiger partial charge in [0.25, 0.3) is 6.43 Å². The summed E-state index contributed by atoms with van der Waals surface area (Å²) in [5.41, 5.74) is -0.725. The van der Waals surface area contributed by atoms with Gasteiger partial charge in [-0.1, -0.05) is 0 Å². The van der Waals surface area contributed by atoms with Gasteiger partial charge in [-0.3, -0.25) is 9.59 Å². The van der Waals surface area contributed by atoms with Crippen molar-refractivity contribution < 1.29 is 31.5 Å². The summed E-state index contributed by atoms with van der Waals surface area (Å²) in [7, 11) is 0. The summed E-state index contributed by atoms with van der Waals surface area (Å²) < 4.78 is 69.8. The van der Waals surface area contributed by atoms with Gasteiger partial charge < -0.3 is 15.0 Å². The Balaban J connectivity index is 2.19. The van der Waals surface area contributed by atoms with Gasteiger partial charge in [0.05, 0.1) is 17.4 Å². The van der Waals surface area contributed by atoms with Crippen LogP contribution in [0, 0.1) is 0 Å². The molecule has 0 unspecified atom stereocenters. The first-order valence-corrected chi connectivity index (χ1v) is 8.84. The topological polar surface area (TPSA) is 102 Å². The third-order valence-electron chi connectivity index (χ3n) is 4.25. The minimum absolute atomic E-state index is 0.133. The maximum Gasteiger partial charge on any atom is 0.410 e. The molecule has 0 spiro atoms. The maximum atomic E-state index is 13.2. The van der Waals surface area contributed by atoms with Crippen LogP contribution in [0.5, 0.6) is 5.75 Å². The standard InChI is InChI=1S/C18H16F5N5O3/c1-8(18(21,22)23)28-17(30)14(31-7-15(19)20)4-12(27-28)11-5-24-13-6-25-16(3-10(11)13)26-9(2)29/h3-6,8,15,24H,7H2,1-2H3,(H,25,26,29)/t8-/m0/s1. The number of halogens is 5. The second-order valence-electron chi connectivity index (χ2n) is 6.56. The van der Waals surface area contributed by atoms with Crippen molar-refractivity contribution in [1.82, 2.24) is 19.7 Å². The molecule has 0 fully saturated rings. The molecule has 3 aromatic rings. The highest BCUT2D eigenvalue weighted by atomic mass is 19.4. The number of pyridine rings is 1. The van der Waals surface area contributed by atoms with Gasteiger partial charge in [0.2, 0.25) is 5.91 Å². The molecule has 0 saturated heterocycles. The van der Waals surface area contributed by atoms with Crippen LogP contribution in [0.2, 0.25) is 0 Å². The first-order chi connectivity index (χ1) is 14.5. The number of rotatable bonds is 6. The van der Waals surface area contributed by atoms with Crippen molar-refractivity contribution in [2.75, 3.05) is 11.9 Å². The lowest BCUT2D eigenvalue weighted by atomic mass is 10.1. The number of ether oxygens (including phenoxy) is 1. The first-order valence-electron chi connectivity index (χ1n) is 8.84. The van der Waals surface area contributed by atoms with Crippen LogP contribution >= 0.6 is 0 Å². The number of carbonyl (C=O) groups is 1. The van der Waals surface area contributed by atoms with Crippen LogP contribution in [0.1, 0.15) is 19.9 Å². The van der Waals surface area contributed by atoms with Crippen LogP contribution in [-0.4, -0.2) is 44.9 Å². The Hall–Kier alpha value is -3.51. The highest BCUT2D eigenvalue weighted by Crippen LogP contribution is 2.32. The molecule has 0 radical (unpaired) electrons. The number of alkyl halides is 5. The Morgan fingerprint density at radius 3 is 2.65 bits per heavy atom. The summed E-state index contributed by atoms with van der Waals surface area (Å²) in [6.07, 6.45) is -4.98. The number of nitrogens with one attached hydrogen (secondary N) is 2. The summed E-state index contributed by atoms with van der Waals surface area (Å²) in [5.74, 6) is -0.920. The van der Waals surface area contributed by atoms with Crippen LogP contribution in [-0.2, 0) is 4.79 Å². The Kier molecular flexibility index (Phi) is 5.95. The van der Waals surface area contributed by atoms with E-state index in [-0.39, 0.29) is 21.8 Å². The normalized spacial score (nSPS) is 12.9. The first kappa shape index (κ1) is 22.2. The number of H-pyrrole nitrogens is 1. The number of nitrogens with zero attached hydrogens (tertiary/aromatic N) is 3. The molecule has 0 aliphatic heterocycles. The quantitative estimate of drug-likeness (QED) is 0.566. The average Bonchev–Trinajstić information content (AvgIpc) is 3.08. The second kappa shape index (κ2) is 8.32. The zero-order valence-corrected chi connectivity index (χ0v) is 16.1. The molecule has 13 heteroatoms. The largest absolute Gasteiger partial charge is 0.482 e. The predicted octanol–water partition coefficient (Wildman–Crippen LogP) is 3.51. The van der Waals surface area contributed by atoms with E-state index in [2.05, 4.69) is 20.4 Å². The molecule has 1 atom stereocenters. The van der Waals surface area contributed by atoms with Crippen LogP contribution in [0.15, 0.2) is 29.3 Å². The second-order valence-corrected chi connectivity index (χ2v) is 6.56. The number of aromatic amines is 1. The number of anilines is 1. The van der Waals surface area contributed by atoms with Crippen LogP contribution in [0.4, 0.5) is 27.8 Å². The van der Waals surface area contributed by atoms with E-state index in [1.54, 1.807) is 0 Å². The van der Waals surface area contributed by atoms with Gasteiger partial charge in [-0.2, -0.15) is 18.3 Å². The molecule has 0 aliphatic carbocycles. The SMILES string of the molecule is CC(=O)Nc1cc2c(-c3cc(OCC(F)F)c(=O)n([C@@H](C)C(F)(F)F)n3)c[nH]c2cn1. The lowest BCUT2D eigenvalue weighted by Crippen LogP contribution is -2.35. The Labute approximate surface area is 171 Å². The Morgan fingerprint density at radius 1 is 1.32 bits per heavy atom. The van der Waals surface area contributed by atoms with E-state index in [1.165, 1.54) is 25.4 Å². The molecule has 1 amide bonds. The number of hydrogen-bond acceptors (Lipinski definition) is 5. The fraction of sp³-hybridized carbons (Fsp3) is 0.333. The lowest BCUT2D eigenvalue weighted by molar-refractivity contribution is -0.166. The van der Waals surface area contributed by atoms with Crippen molar-refractivity contribution in [2.24, 2.45) is 0 Å². The minimum atomic E-state index is -4.82. The smallest absolute Gasteiger partial charge is 0.410 e. The number of aromatic nitrogens is 4. The van der Waals surface area contributed by atoms with E-state index in [1.807, 2.05) is 0 Å². The number of amides is 1. The van der Waals surface area contributed by atoms with Crippen LogP contribution in [0.25, 0.3) is 22.2 Å². The average molecular weight is 445 g/mol. The van der Waals surface area contributed by atoms with Crippen molar-refractivity contribution >= 4 is 22.6 Å². The zero-order chi connectivity index (χ0) is 22.9. The molecule has 8 nitrogen and oxygen atoms in total. The minimum Gasteiger partial charge on any atom is -0.482 e. The third kappa shape index (κ3) is 4.81. The van der Waals surface area contributed by atoms with Crippen molar-refractivity contribution in [3.05, 3.63) is 34.9 Å². The van der Waals surface area contributed by atoms with Crippen LogP contribution in [0.3, 0.4) is 0 Å². The fourth-order valence-electron chi connectivity index (χ4n) is 2.76. The van der Waals surface area contributed by atoms with Gasteiger partial charge in [-0.05, 0) is 13.0 Å². The van der Waals surface area contributed by atoms with Crippen molar-refractivity contribution in [1.29, 1.82) is 0 Å². The van der Waals surface area contributed by atoms with Gasteiger partial charge >= 0.3 is 11.7 Å². The van der Waals surface area contributed by atoms with Crippen molar-refractivity contribution in [3.8, 4) is 17.0 Å². The molecule has 0 aromatic carbocycles. The highest BCUT2D eigenvalue weighted by molar-refractivity contribution is 5.97. The molecule has 3 aromatic heterocycles. The van der Waals surface area contributed by atoms with E-state index in [9.17, 15) is 31.5 Å². The number of carbonyl (C=O) groups excluding carboxylic acids is 1. The zero-order valence-electron chi connectivity index (χ0n) is 16.1. The van der Waals surface area contributed by atoms with Gasteiger partial charge in [0, 0.05) is 30.1 Å². The van der Waals surface area contributed by atoms with Crippen molar-refractivity contribution in [3.63, 3.8) is 0 Å². The fourth-order valence-corrected chi connectivity index (χ4v) is 2.76. The summed E-state index contributed by atoms with van der Waals surface area (Å²) in [6, 6.07) is 0.105. The number of fused-ring (bicyclic) bond motifs is 1. The van der Waals surface area contributed by atoms with Gasteiger partial charge in [-0.15, -0.1) is 0 Å². The van der Waals surface area contributed by atoms with Gasteiger partial charge in [0.15, 0.2) is 5.75 Å². The summed E-state index contributed by atoms with van der Waals surface area (Å²) in [4.78, 5) is 30.5. The third-order valence-corrected chi connectivity index (χ3v) is 4.25. The summed E-state index contributed by atoms with van der Waals surface area (Å²) in [5, 5.41) is 6.68. The van der Waals surface area contributed by atoms with Crippen LogP contribution < -0.4 is 15.6 Å².